The van der Waals surface area contributed by atoms with Gasteiger partial charge in [0.1, 0.15) is 22.9 Å². The molecule has 0 aromatic heterocycles. The van der Waals surface area contributed by atoms with Gasteiger partial charge in [-0.3, -0.25) is 9.59 Å². The third-order valence-electron chi connectivity index (χ3n) is 2.48. The maximum atomic E-state index is 12.0. The molecule has 0 aliphatic rings. The van der Waals surface area contributed by atoms with Crippen molar-refractivity contribution >= 4 is 62.5 Å². The highest BCUT2D eigenvalue weighted by Crippen LogP contribution is 2.24. The van der Waals surface area contributed by atoms with Crippen molar-refractivity contribution in [3.63, 3.8) is 0 Å². The third kappa shape index (κ3) is 6.04. The quantitative estimate of drug-likeness (QED) is 0.727. The number of hydrogen-bond acceptors (Lipinski definition) is 3. The Bertz CT molecular complexity index is 619. The van der Waals surface area contributed by atoms with E-state index in [2.05, 4.69) is 21.2 Å². The number of halogens is 4. The summed E-state index contributed by atoms with van der Waals surface area (Å²) in [6, 6.07) is 3.91. The summed E-state index contributed by atoms with van der Waals surface area (Å²) in [5.74, 6) is -0.720. The highest BCUT2D eigenvalue weighted by molar-refractivity contribution is 9.10. The van der Waals surface area contributed by atoms with Gasteiger partial charge in [-0.2, -0.15) is 0 Å². The second-order valence-electron chi connectivity index (χ2n) is 4.23. The summed E-state index contributed by atoms with van der Waals surface area (Å²) >= 11 is 20.0. The van der Waals surface area contributed by atoms with E-state index < -0.39 is 17.9 Å². The van der Waals surface area contributed by atoms with Crippen molar-refractivity contribution < 1.29 is 14.3 Å². The number of benzene rings is 1. The Morgan fingerprint density at radius 2 is 1.95 bits per heavy atom. The predicted molar refractivity (Wildman–Crippen MR) is 90.3 cm³/mol. The Morgan fingerprint density at radius 1 is 1.32 bits per heavy atom. The lowest BCUT2D eigenvalue weighted by atomic mass is 10.2. The lowest BCUT2D eigenvalue weighted by molar-refractivity contribution is -0.119. The zero-order valence-corrected chi connectivity index (χ0v) is 15.2. The first-order valence-electron chi connectivity index (χ1n) is 5.94. The van der Waals surface area contributed by atoms with Crippen LogP contribution in [0, 0.1) is 0 Å². The number of nitrogens with two attached hydrogens (primary N) is 1. The molecule has 120 valence electrons. The van der Waals surface area contributed by atoms with Gasteiger partial charge in [0.15, 0.2) is 0 Å². The van der Waals surface area contributed by atoms with E-state index in [0.29, 0.717) is 10.2 Å². The van der Waals surface area contributed by atoms with E-state index >= 15 is 0 Å². The van der Waals surface area contributed by atoms with Crippen molar-refractivity contribution in [1.82, 2.24) is 5.32 Å². The van der Waals surface area contributed by atoms with Gasteiger partial charge in [0, 0.05) is 10.0 Å². The third-order valence-corrected chi connectivity index (χ3v) is 3.88. The lowest BCUT2D eigenvalue weighted by Crippen LogP contribution is -2.42. The molecule has 5 nitrogen and oxygen atoms in total. The van der Waals surface area contributed by atoms with Crippen molar-refractivity contribution in [2.45, 2.75) is 13.0 Å². The van der Waals surface area contributed by atoms with Crippen molar-refractivity contribution in [3.8, 4) is 5.75 Å². The minimum atomic E-state index is -0.789. The molecule has 1 aromatic carbocycles. The lowest BCUT2D eigenvalue weighted by Gasteiger charge is -2.12. The number of rotatable bonds is 6. The SMILES string of the molecule is CC(NC(=O)c1cc(Br)cc(OCC(Cl)=C(Cl)Cl)c1)C(N)=O. The first-order chi connectivity index (χ1) is 10.2. The molecule has 0 aliphatic heterocycles. The van der Waals surface area contributed by atoms with Crippen LogP contribution < -0.4 is 15.8 Å². The van der Waals surface area contributed by atoms with Crippen LogP contribution in [0.4, 0.5) is 0 Å². The number of nitrogens with one attached hydrogen (secondary N) is 1. The minimum Gasteiger partial charge on any atom is -0.488 e. The summed E-state index contributed by atoms with van der Waals surface area (Å²) < 4.78 is 5.91. The highest BCUT2D eigenvalue weighted by atomic mass is 79.9. The molecule has 22 heavy (non-hydrogen) atoms. The van der Waals surface area contributed by atoms with Crippen molar-refractivity contribution in [2.75, 3.05) is 6.61 Å². The van der Waals surface area contributed by atoms with Gasteiger partial charge < -0.3 is 15.8 Å². The molecule has 1 rings (SSSR count). The van der Waals surface area contributed by atoms with Crippen LogP contribution >= 0.6 is 50.7 Å². The van der Waals surface area contributed by atoms with E-state index in [-0.39, 0.29) is 21.7 Å². The second kappa shape index (κ2) is 8.62. The number of carbonyl (C=O) groups excluding carboxylic acids is 2. The predicted octanol–water partition coefficient (Wildman–Crippen LogP) is 3.32. The molecule has 1 atom stereocenters. The van der Waals surface area contributed by atoms with Gasteiger partial charge in [-0.1, -0.05) is 50.7 Å². The Balaban J connectivity index is 2.88. The average Bonchev–Trinajstić information content (AvgIpc) is 2.43. The largest absolute Gasteiger partial charge is 0.488 e. The Morgan fingerprint density at radius 3 is 2.50 bits per heavy atom. The molecule has 2 amide bonds. The normalized spacial score (nSPS) is 11.5. The molecular formula is C13H12BrCl3N2O3. The summed E-state index contributed by atoms with van der Waals surface area (Å²) in [6.07, 6.45) is 0. The van der Waals surface area contributed by atoms with Crippen molar-refractivity contribution in [3.05, 3.63) is 37.8 Å². The molecule has 0 radical (unpaired) electrons. The van der Waals surface area contributed by atoms with Gasteiger partial charge in [0.2, 0.25) is 5.91 Å². The van der Waals surface area contributed by atoms with Crippen molar-refractivity contribution in [2.24, 2.45) is 5.73 Å². The zero-order valence-electron chi connectivity index (χ0n) is 11.3. The van der Waals surface area contributed by atoms with Crippen LogP contribution in [0.5, 0.6) is 5.75 Å². The maximum absolute atomic E-state index is 12.0. The summed E-state index contributed by atoms with van der Waals surface area (Å²) in [6.45, 7) is 1.45. The van der Waals surface area contributed by atoms with Crippen LogP contribution in [0.3, 0.4) is 0 Å². The fourth-order valence-corrected chi connectivity index (χ4v) is 1.97. The average molecular weight is 431 g/mol. The van der Waals surface area contributed by atoms with E-state index in [1.54, 1.807) is 12.1 Å². The minimum absolute atomic E-state index is 0.0426. The molecule has 1 unspecified atom stereocenters. The molecule has 9 heteroatoms. The van der Waals surface area contributed by atoms with Gasteiger partial charge in [-0.05, 0) is 25.1 Å². The molecule has 0 spiro atoms. The first kappa shape index (κ1) is 19.1. The van der Waals surface area contributed by atoms with Gasteiger partial charge in [-0.15, -0.1) is 0 Å². The molecule has 0 saturated carbocycles. The van der Waals surface area contributed by atoms with Crippen LogP contribution in [0.15, 0.2) is 32.2 Å². The Kier molecular flexibility index (Phi) is 7.48. The zero-order chi connectivity index (χ0) is 16.9. The highest BCUT2D eigenvalue weighted by Gasteiger charge is 2.15. The second-order valence-corrected chi connectivity index (χ2v) is 6.55. The number of primary amides is 1. The Labute approximate surface area is 150 Å². The van der Waals surface area contributed by atoms with E-state index in [4.69, 9.17) is 45.3 Å². The van der Waals surface area contributed by atoms with Crippen LogP contribution in [0.2, 0.25) is 0 Å². The molecular weight excluding hydrogens is 418 g/mol. The van der Waals surface area contributed by atoms with E-state index in [0.717, 1.165) is 0 Å². The molecule has 3 N–H and O–H groups in total. The number of hydrogen-bond donors (Lipinski definition) is 2. The molecule has 0 aliphatic carbocycles. The molecule has 0 bridgehead atoms. The first-order valence-corrected chi connectivity index (χ1v) is 7.86. The molecule has 1 aromatic rings. The van der Waals surface area contributed by atoms with Crippen LogP contribution in [-0.4, -0.2) is 24.5 Å². The fourth-order valence-electron chi connectivity index (χ4n) is 1.33. The van der Waals surface area contributed by atoms with Crippen molar-refractivity contribution in [1.29, 1.82) is 0 Å². The van der Waals surface area contributed by atoms with E-state index in [1.165, 1.54) is 13.0 Å². The summed E-state index contributed by atoms with van der Waals surface area (Å²) in [5, 5.41) is 2.60. The smallest absolute Gasteiger partial charge is 0.252 e. The number of carbonyl (C=O) groups is 2. The van der Waals surface area contributed by atoms with Gasteiger partial charge in [0.05, 0.1) is 5.03 Å². The van der Waals surface area contributed by atoms with Gasteiger partial charge >= 0.3 is 0 Å². The van der Waals surface area contributed by atoms with Crippen LogP contribution in [-0.2, 0) is 4.79 Å². The fraction of sp³-hybridized carbons (Fsp3) is 0.231. The number of amides is 2. The monoisotopic (exact) mass is 428 g/mol. The van der Waals surface area contributed by atoms with E-state index in [9.17, 15) is 9.59 Å². The topological polar surface area (TPSA) is 81.4 Å². The summed E-state index contributed by atoms with van der Waals surface area (Å²) in [5.41, 5.74) is 5.39. The van der Waals surface area contributed by atoms with E-state index in [1.807, 2.05) is 0 Å². The Hall–Kier alpha value is -0.950. The van der Waals surface area contributed by atoms with Crippen LogP contribution in [0.1, 0.15) is 17.3 Å². The molecule has 0 fully saturated rings. The standard InChI is InChI=1S/C13H12BrCl3N2O3/c1-6(12(18)20)19-13(21)7-2-8(14)4-9(3-7)22-5-10(15)11(16)17/h2-4,6H,5H2,1H3,(H2,18,20)(H,19,21). The van der Waals surface area contributed by atoms with Gasteiger partial charge in [-0.25, -0.2) is 0 Å². The molecule has 0 saturated heterocycles. The maximum Gasteiger partial charge on any atom is 0.252 e. The summed E-state index contributed by atoms with van der Waals surface area (Å²) in [7, 11) is 0. The number of ether oxygens (including phenoxy) is 1. The summed E-state index contributed by atoms with van der Waals surface area (Å²) in [4.78, 5) is 23.0. The van der Waals surface area contributed by atoms with Gasteiger partial charge in [0.25, 0.3) is 5.91 Å². The molecule has 0 heterocycles. The van der Waals surface area contributed by atoms with Crippen LogP contribution in [0.25, 0.3) is 0 Å².